The molecule has 1 aromatic rings. The highest BCUT2D eigenvalue weighted by Gasteiger charge is 2.41. The lowest BCUT2D eigenvalue weighted by Gasteiger charge is -2.39. The van der Waals surface area contributed by atoms with Crippen molar-refractivity contribution in [3.63, 3.8) is 0 Å². The second-order valence-corrected chi connectivity index (χ2v) is 22.0. The van der Waals surface area contributed by atoms with Crippen molar-refractivity contribution in [1.82, 2.24) is 0 Å². The summed E-state index contributed by atoms with van der Waals surface area (Å²) in [5.74, 6) is 2.07. The monoisotopic (exact) mass is 490 g/mol. The summed E-state index contributed by atoms with van der Waals surface area (Å²) in [5.41, 5.74) is 2.46. The number of allylic oxidation sites excluding steroid dienone is 1. The second-order valence-electron chi connectivity index (χ2n) is 12.5. The van der Waals surface area contributed by atoms with Gasteiger partial charge in [-0.2, -0.15) is 0 Å². The highest BCUT2D eigenvalue weighted by Crippen LogP contribution is 2.45. The zero-order valence-corrected chi connectivity index (χ0v) is 24.8. The third-order valence-corrected chi connectivity index (χ3v) is 16.6. The Morgan fingerprint density at radius 2 is 1.42 bits per heavy atom. The van der Waals surface area contributed by atoms with Crippen LogP contribution < -0.4 is 8.85 Å². The Morgan fingerprint density at radius 1 is 0.909 bits per heavy atom. The van der Waals surface area contributed by atoms with E-state index in [0.29, 0.717) is 5.92 Å². The molecule has 6 heteroatoms. The van der Waals surface area contributed by atoms with Gasteiger partial charge in [-0.15, -0.1) is 0 Å². The van der Waals surface area contributed by atoms with Gasteiger partial charge in [-0.05, 0) is 79.5 Å². The Morgan fingerprint density at radius 3 is 1.91 bits per heavy atom. The first-order valence-corrected chi connectivity index (χ1v) is 18.1. The summed E-state index contributed by atoms with van der Waals surface area (Å²) in [6, 6.07) is 6.51. The van der Waals surface area contributed by atoms with Gasteiger partial charge in [0.2, 0.25) is 16.6 Å². The van der Waals surface area contributed by atoms with Crippen LogP contribution in [0.3, 0.4) is 0 Å². The standard InChI is InChI=1S/C27H46O4Si2/c1-26(2,3)32(8,9)30-22-16-17-23(24(19-22)31-33(10,11)27(4,5)6)21-14-12-20(13-15-21)18-25(28)29-7/h16-19,21H,12-15H2,1-11H3. The third-order valence-electron chi connectivity index (χ3n) is 7.93. The molecule has 0 bridgehead atoms. The Labute approximate surface area is 204 Å². The summed E-state index contributed by atoms with van der Waals surface area (Å²) in [4.78, 5) is 11.6. The molecule has 1 aliphatic rings. The molecule has 0 spiro atoms. The van der Waals surface area contributed by atoms with Gasteiger partial charge in [0.15, 0.2) is 0 Å². The van der Waals surface area contributed by atoms with E-state index in [0.717, 1.165) is 37.2 Å². The number of carbonyl (C=O) groups excluding carboxylic acids is 1. The van der Waals surface area contributed by atoms with Crippen LogP contribution in [0.5, 0.6) is 11.5 Å². The molecule has 1 saturated carbocycles. The van der Waals surface area contributed by atoms with E-state index in [4.69, 9.17) is 13.6 Å². The van der Waals surface area contributed by atoms with Crippen LogP contribution in [-0.2, 0) is 9.53 Å². The van der Waals surface area contributed by atoms with Gasteiger partial charge < -0.3 is 13.6 Å². The fourth-order valence-corrected chi connectivity index (χ4v) is 5.60. The molecule has 1 fully saturated rings. The molecule has 0 unspecified atom stereocenters. The van der Waals surface area contributed by atoms with Crippen molar-refractivity contribution < 1.29 is 18.4 Å². The zero-order valence-electron chi connectivity index (χ0n) is 22.8. The first-order chi connectivity index (χ1) is 15.0. The van der Waals surface area contributed by atoms with Crippen molar-refractivity contribution in [2.45, 2.75) is 109 Å². The quantitative estimate of drug-likeness (QED) is 0.229. The molecule has 1 aliphatic carbocycles. The van der Waals surface area contributed by atoms with Gasteiger partial charge >= 0.3 is 5.97 Å². The van der Waals surface area contributed by atoms with Gasteiger partial charge in [0.1, 0.15) is 11.5 Å². The van der Waals surface area contributed by atoms with E-state index in [1.807, 2.05) is 0 Å². The molecule has 0 atom stereocenters. The van der Waals surface area contributed by atoms with Crippen molar-refractivity contribution >= 4 is 22.6 Å². The maximum Gasteiger partial charge on any atom is 0.330 e. The molecule has 0 radical (unpaired) electrons. The van der Waals surface area contributed by atoms with Gasteiger partial charge in [-0.1, -0.05) is 53.2 Å². The molecule has 4 nitrogen and oxygen atoms in total. The highest BCUT2D eigenvalue weighted by atomic mass is 28.4. The number of hydrogen-bond acceptors (Lipinski definition) is 4. The Balaban J connectivity index is 2.38. The van der Waals surface area contributed by atoms with Crippen LogP contribution in [0.15, 0.2) is 29.8 Å². The average Bonchev–Trinajstić information content (AvgIpc) is 2.66. The van der Waals surface area contributed by atoms with Crippen molar-refractivity contribution in [3.05, 3.63) is 35.4 Å². The number of rotatable bonds is 6. The van der Waals surface area contributed by atoms with Crippen LogP contribution in [0.1, 0.15) is 78.7 Å². The lowest BCUT2D eigenvalue weighted by atomic mass is 9.81. The van der Waals surface area contributed by atoms with Crippen LogP contribution in [0, 0.1) is 0 Å². The fraction of sp³-hybridized carbons (Fsp3) is 0.667. The summed E-state index contributed by atoms with van der Waals surface area (Å²) < 4.78 is 18.3. The maximum atomic E-state index is 11.6. The number of methoxy groups -OCH3 is 1. The molecule has 0 heterocycles. The lowest BCUT2D eigenvalue weighted by Crippen LogP contribution is -2.44. The van der Waals surface area contributed by atoms with E-state index in [1.165, 1.54) is 18.2 Å². The Hall–Kier alpha value is -1.54. The van der Waals surface area contributed by atoms with E-state index in [2.05, 4.69) is 85.9 Å². The minimum absolute atomic E-state index is 0.115. The largest absolute Gasteiger partial charge is 0.543 e. The van der Waals surface area contributed by atoms with Crippen molar-refractivity contribution in [2.24, 2.45) is 0 Å². The number of ether oxygens (including phenoxy) is 1. The predicted octanol–water partition coefficient (Wildman–Crippen LogP) is 8.21. The number of carbonyl (C=O) groups is 1. The Bertz CT molecular complexity index is 863. The molecule has 0 aromatic heterocycles. The average molecular weight is 491 g/mol. The SMILES string of the molecule is COC(=O)C=C1CCC(c2ccc(O[Si](C)(C)C(C)(C)C)cc2O[Si](C)(C)C(C)(C)C)CC1. The molecule has 186 valence electrons. The molecular weight excluding hydrogens is 444 g/mol. The van der Waals surface area contributed by atoms with Crippen LogP contribution in [0.2, 0.25) is 36.3 Å². The van der Waals surface area contributed by atoms with E-state index < -0.39 is 16.6 Å². The van der Waals surface area contributed by atoms with Crippen molar-refractivity contribution in [2.75, 3.05) is 7.11 Å². The van der Waals surface area contributed by atoms with Gasteiger partial charge in [-0.3, -0.25) is 0 Å². The zero-order chi connectivity index (χ0) is 25.2. The molecule has 0 aliphatic heterocycles. The van der Waals surface area contributed by atoms with Gasteiger partial charge in [0, 0.05) is 12.1 Å². The molecule has 1 aromatic carbocycles. The number of hydrogen-bond donors (Lipinski definition) is 0. The summed E-state index contributed by atoms with van der Waals surface area (Å²) >= 11 is 0. The van der Waals surface area contributed by atoms with E-state index in [-0.39, 0.29) is 16.0 Å². The molecule has 33 heavy (non-hydrogen) atoms. The fourth-order valence-electron chi connectivity index (χ4n) is 3.55. The minimum atomic E-state index is -2.02. The summed E-state index contributed by atoms with van der Waals surface area (Å²) in [6.07, 6.45) is 5.53. The lowest BCUT2D eigenvalue weighted by molar-refractivity contribution is -0.134. The van der Waals surface area contributed by atoms with E-state index in [1.54, 1.807) is 6.08 Å². The van der Waals surface area contributed by atoms with Crippen LogP contribution in [0.25, 0.3) is 0 Å². The summed E-state index contributed by atoms with van der Waals surface area (Å²) in [7, 11) is -2.53. The first-order valence-electron chi connectivity index (χ1n) is 12.3. The van der Waals surface area contributed by atoms with Crippen molar-refractivity contribution in [1.29, 1.82) is 0 Å². The molecule has 2 rings (SSSR count). The summed E-state index contributed by atoms with van der Waals surface area (Å²) in [6.45, 7) is 22.8. The Kier molecular flexibility index (Phi) is 8.38. The normalized spacial score (nSPS) is 18.0. The molecular formula is C27H46O4Si2. The minimum Gasteiger partial charge on any atom is -0.543 e. The van der Waals surface area contributed by atoms with E-state index >= 15 is 0 Å². The van der Waals surface area contributed by atoms with E-state index in [9.17, 15) is 4.79 Å². The summed E-state index contributed by atoms with van der Waals surface area (Å²) in [5, 5.41) is 0.251. The van der Waals surface area contributed by atoms with Gasteiger partial charge in [0.05, 0.1) is 7.11 Å². The van der Waals surface area contributed by atoms with Crippen LogP contribution in [-0.4, -0.2) is 29.7 Å². The molecule has 0 saturated heterocycles. The predicted molar refractivity (Wildman–Crippen MR) is 143 cm³/mol. The highest BCUT2D eigenvalue weighted by molar-refractivity contribution is 6.75. The molecule has 0 N–H and O–H groups in total. The smallest absolute Gasteiger partial charge is 0.330 e. The van der Waals surface area contributed by atoms with Crippen LogP contribution >= 0.6 is 0 Å². The first kappa shape index (κ1) is 27.7. The number of esters is 1. The second kappa shape index (κ2) is 9.99. The molecule has 0 amide bonds. The maximum absolute atomic E-state index is 11.6. The van der Waals surface area contributed by atoms with Gasteiger partial charge in [-0.25, -0.2) is 4.79 Å². The number of benzene rings is 1. The topological polar surface area (TPSA) is 44.8 Å². The third kappa shape index (κ3) is 6.98. The van der Waals surface area contributed by atoms with Crippen molar-refractivity contribution in [3.8, 4) is 11.5 Å². The van der Waals surface area contributed by atoms with Gasteiger partial charge in [0.25, 0.3) is 0 Å². The van der Waals surface area contributed by atoms with Crippen LogP contribution in [0.4, 0.5) is 0 Å².